The first-order valence-corrected chi connectivity index (χ1v) is 10.6. The van der Waals surface area contributed by atoms with Gasteiger partial charge >= 0.3 is 11.6 Å². The summed E-state index contributed by atoms with van der Waals surface area (Å²) in [5.74, 6) is 0.582. The van der Waals surface area contributed by atoms with Crippen molar-refractivity contribution in [1.82, 2.24) is 9.97 Å². The number of fused-ring (bicyclic) bond motifs is 2. The molecule has 0 atom stereocenters. The average molecular weight is 436 g/mol. The van der Waals surface area contributed by atoms with E-state index in [0.29, 0.717) is 12.3 Å². The third-order valence-electron chi connectivity index (χ3n) is 5.54. The third kappa shape index (κ3) is 3.70. The molecule has 7 heteroatoms. The molecular formula is C26H20N4O3. The second-order valence-corrected chi connectivity index (χ2v) is 7.43. The number of anilines is 2. The zero-order valence-corrected chi connectivity index (χ0v) is 17.9. The minimum Gasteiger partial charge on any atom is -0.433 e. The second-order valence-electron chi connectivity index (χ2n) is 7.43. The van der Waals surface area contributed by atoms with Crippen molar-refractivity contribution >= 4 is 38.7 Å². The molecule has 0 saturated heterocycles. The molecule has 5 aromatic rings. The van der Waals surface area contributed by atoms with Crippen LogP contribution in [0.15, 0.2) is 91.3 Å². The SMILES string of the molecule is CCN(c1ncnc(Oc2cccc3ccccc23)c1[N+](=O)[O-])c1cccc2ccccc12. The maximum Gasteiger partial charge on any atom is 0.373 e. The predicted octanol–water partition coefficient (Wildman–Crippen LogP) is 6.64. The van der Waals surface area contributed by atoms with Crippen LogP contribution in [0.25, 0.3) is 21.5 Å². The van der Waals surface area contributed by atoms with E-state index in [1.165, 1.54) is 6.33 Å². The molecule has 0 radical (unpaired) electrons. The smallest absolute Gasteiger partial charge is 0.373 e. The van der Waals surface area contributed by atoms with Gasteiger partial charge in [0.05, 0.1) is 10.6 Å². The van der Waals surface area contributed by atoms with Gasteiger partial charge in [-0.3, -0.25) is 10.1 Å². The topological polar surface area (TPSA) is 81.4 Å². The summed E-state index contributed by atoms with van der Waals surface area (Å²) in [6.07, 6.45) is 1.30. The Morgan fingerprint density at radius 1 is 0.848 bits per heavy atom. The molecule has 1 aromatic heterocycles. The monoisotopic (exact) mass is 436 g/mol. The van der Waals surface area contributed by atoms with Crippen LogP contribution in [0.3, 0.4) is 0 Å². The Balaban J connectivity index is 1.66. The Kier molecular flexibility index (Phi) is 5.28. The van der Waals surface area contributed by atoms with Crippen LogP contribution in [0.5, 0.6) is 11.6 Å². The van der Waals surface area contributed by atoms with Crippen molar-refractivity contribution in [3.05, 3.63) is 101 Å². The number of rotatable bonds is 6. The van der Waals surface area contributed by atoms with Gasteiger partial charge in [-0.15, -0.1) is 0 Å². The van der Waals surface area contributed by atoms with Gasteiger partial charge < -0.3 is 9.64 Å². The standard InChI is InChI=1S/C26H20N4O3/c1-2-29(22-15-7-11-18-9-3-5-13-20(18)22)25-24(30(31)32)26(28-17-27-25)33-23-16-8-12-19-10-4-6-14-21(19)23/h3-17H,2H2,1H3. The highest BCUT2D eigenvalue weighted by molar-refractivity contribution is 5.96. The summed E-state index contributed by atoms with van der Waals surface area (Å²) in [4.78, 5) is 22.0. The molecule has 0 spiro atoms. The van der Waals surface area contributed by atoms with E-state index in [1.807, 2.05) is 90.7 Å². The molecule has 7 nitrogen and oxygen atoms in total. The molecule has 1 heterocycles. The fourth-order valence-electron chi connectivity index (χ4n) is 4.05. The Bertz CT molecular complexity index is 1470. The highest BCUT2D eigenvalue weighted by Crippen LogP contribution is 2.41. The summed E-state index contributed by atoms with van der Waals surface area (Å²) in [5, 5.41) is 16.1. The van der Waals surface area contributed by atoms with Crippen molar-refractivity contribution in [2.45, 2.75) is 6.92 Å². The Morgan fingerprint density at radius 3 is 2.21 bits per heavy atom. The lowest BCUT2D eigenvalue weighted by molar-refractivity contribution is -0.385. The molecule has 0 fully saturated rings. The van der Waals surface area contributed by atoms with Crippen LogP contribution in [-0.2, 0) is 0 Å². The van der Waals surface area contributed by atoms with Gasteiger partial charge in [0.2, 0.25) is 5.82 Å². The third-order valence-corrected chi connectivity index (χ3v) is 5.54. The molecule has 0 saturated carbocycles. The maximum atomic E-state index is 12.2. The van der Waals surface area contributed by atoms with Gasteiger partial charge in [-0.1, -0.05) is 72.8 Å². The Hall–Kier alpha value is -4.52. The molecule has 5 rings (SSSR count). The first-order valence-electron chi connectivity index (χ1n) is 10.6. The van der Waals surface area contributed by atoms with E-state index in [2.05, 4.69) is 9.97 Å². The van der Waals surface area contributed by atoms with E-state index < -0.39 is 4.92 Å². The van der Waals surface area contributed by atoms with Gasteiger partial charge in [0.25, 0.3) is 0 Å². The summed E-state index contributed by atoms with van der Waals surface area (Å²) >= 11 is 0. The quantitative estimate of drug-likeness (QED) is 0.219. The number of hydrogen-bond acceptors (Lipinski definition) is 6. The van der Waals surface area contributed by atoms with Gasteiger partial charge in [0, 0.05) is 17.3 Å². The van der Waals surface area contributed by atoms with Crippen molar-refractivity contribution in [3.8, 4) is 11.6 Å². The van der Waals surface area contributed by atoms with Crippen LogP contribution in [0.1, 0.15) is 6.92 Å². The fraction of sp³-hybridized carbons (Fsp3) is 0.0769. The molecule has 162 valence electrons. The minimum absolute atomic E-state index is 0.0972. The Morgan fingerprint density at radius 2 is 1.48 bits per heavy atom. The van der Waals surface area contributed by atoms with E-state index in [4.69, 9.17) is 4.74 Å². The highest BCUT2D eigenvalue weighted by atomic mass is 16.6. The molecule has 33 heavy (non-hydrogen) atoms. The lowest BCUT2D eigenvalue weighted by Crippen LogP contribution is -2.19. The zero-order chi connectivity index (χ0) is 22.8. The molecule has 0 aliphatic rings. The zero-order valence-electron chi connectivity index (χ0n) is 17.9. The maximum absolute atomic E-state index is 12.2. The summed E-state index contributed by atoms with van der Waals surface area (Å²) in [6, 6.07) is 27.1. The van der Waals surface area contributed by atoms with E-state index >= 15 is 0 Å². The van der Waals surface area contributed by atoms with Crippen molar-refractivity contribution in [3.63, 3.8) is 0 Å². The number of benzene rings is 4. The van der Waals surface area contributed by atoms with Crippen LogP contribution in [0.4, 0.5) is 17.2 Å². The largest absolute Gasteiger partial charge is 0.433 e. The summed E-state index contributed by atoms with van der Waals surface area (Å²) in [5.41, 5.74) is 0.550. The Labute approximate surface area is 190 Å². The molecule has 0 unspecified atom stereocenters. The van der Waals surface area contributed by atoms with E-state index in [9.17, 15) is 10.1 Å². The van der Waals surface area contributed by atoms with Crippen LogP contribution in [0.2, 0.25) is 0 Å². The van der Waals surface area contributed by atoms with Crippen molar-refractivity contribution in [2.75, 3.05) is 11.4 Å². The first-order chi connectivity index (χ1) is 16.2. The number of hydrogen-bond donors (Lipinski definition) is 0. The number of nitrogens with zero attached hydrogens (tertiary/aromatic N) is 4. The summed E-state index contributed by atoms with van der Waals surface area (Å²) in [7, 11) is 0. The fourth-order valence-corrected chi connectivity index (χ4v) is 4.05. The van der Waals surface area contributed by atoms with Gasteiger partial charge in [-0.25, -0.2) is 4.98 Å². The summed E-state index contributed by atoms with van der Waals surface area (Å²) < 4.78 is 6.02. The normalized spacial score (nSPS) is 10.9. The van der Waals surface area contributed by atoms with E-state index in [0.717, 1.165) is 27.2 Å². The molecule has 0 aliphatic heterocycles. The van der Waals surface area contributed by atoms with Crippen molar-refractivity contribution in [1.29, 1.82) is 0 Å². The predicted molar refractivity (Wildman–Crippen MR) is 129 cm³/mol. The lowest BCUT2D eigenvalue weighted by atomic mass is 10.1. The molecule has 0 aliphatic carbocycles. The van der Waals surface area contributed by atoms with Crippen LogP contribution in [0, 0.1) is 10.1 Å². The molecule has 0 bridgehead atoms. The second kappa shape index (κ2) is 8.55. The van der Waals surface area contributed by atoms with Gasteiger partial charge in [-0.05, 0) is 29.8 Å². The lowest BCUT2D eigenvalue weighted by Gasteiger charge is -2.23. The minimum atomic E-state index is -0.483. The van der Waals surface area contributed by atoms with Gasteiger partial charge in [0.15, 0.2) is 0 Å². The number of nitro groups is 1. The van der Waals surface area contributed by atoms with Crippen molar-refractivity contribution < 1.29 is 9.66 Å². The van der Waals surface area contributed by atoms with Crippen LogP contribution in [-0.4, -0.2) is 21.4 Å². The highest BCUT2D eigenvalue weighted by Gasteiger charge is 2.30. The van der Waals surface area contributed by atoms with Gasteiger partial charge in [0.1, 0.15) is 12.1 Å². The van der Waals surface area contributed by atoms with E-state index in [-0.39, 0.29) is 17.4 Å². The van der Waals surface area contributed by atoms with Crippen LogP contribution < -0.4 is 9.64 Å². The molecule has 0 amide bonds. The first kappa shape index (κ1) is 20.4. The molecule has 4 aromatic carbocycles. The van der Waals surface area contributed by atoms with Crippen molar-refractivity contribution in [2.24, 2.45) is 0 Å². The average Bonchev–Trinajstić information content (AvgIpc) is 2.85. The van der Waals surface area contributed by atoms with E-state index in [1.54, 1.807) is 6.07 Å². The number of ether oxygens (including phenoxy) is 1. The number of aromatic nitrogens is 2. The molecular weight excluding hydrogens is 416 g/mol. The van der Waals surface area contributed by atoms with Gasteiger partial charge in [-0.2, -0.15) is 4.98 Å². The molecule has 0 N–H and O–H groups in total. The summed E-state index contributed by atoms with van der Waals surface area (Å²) in [6.45, 7) is 2.40. The van der Waals surface area contributed by atoms with Crippen LogP contribution >= 0.6 is 0 Å².